The number of para-hydroxylation sites is 1. The Kier molecular flexibility index (Phi) is 12.2. The van der Waals surface area contributed by atoms with Gasteiger partial charge >= 0.3 is 12.1 Å². The first-order chi connectivity index (χ1) is 21.5. The van der Waals surface area contributed by atoms with Crippen LogP contribution in [-0.4, -0.2) is 63.2 Å². The minimum absolute atomic E-state index is 0.155. The van der Waals surface area contributed by atoms with Crippen molar-refractivity contribution in [2.45, 2.75) is 123 Å². The average molecular weight is 638 g/mol. The van der Waals surface area contributed by atoms with Crippen molar-refractivity contribution >= 4 is 23.9 Å². The molecule has 3 rings (SSSR count). The van der Waals surface area contributed by atoms with E-state index in [2.05, 4.69) is 10.6 Å². The van der Waals surface area contributed by atoms with Crippen LogP contribution in [0.3, 0.4) is 0 Å². The van der Waals surface area contributed by atoms with Crippen LogP contribution in [0.5, 0.6) is 5.75 Å². The van der Waals surface area contributed by atoms with Crippen LogP contribution < -0.4 is 10.6 Å². The minimum Gasteiger partial charge on any atom is -0.508 e. The average Bonchev–Trinajstić information content (AvgIpc) is 2.93. The van der Waals surface area contributed by atoms with Crippen molar-refractivity contribution in [3.8, 4) is 5.75 Å². The standard InChI is InChI=1S/C36H51N3O7/c1-9-23(2)29(38-34(44)46-36(6,7)8)32(42)39(25-18-15-19-25)30(26-20-13-14-21-28(26)40)31(41)37-27(33(43)45-35(3,4)5)22-24-16-11-10-12-17-24/h10-14,16-17,20-21,23,25,27,29-30,40H,9,15,18-19,22H2,1-8H3,(H,37,41)(H,38,44). The number of nitrogens with zero attached hydrogens (tertiary/aromatic N) is 1. The highest BCUT2D eigenvalue weighted by Crippen LogP contribution is 2.37. The van der Waals surface area contributed by atoms with Crippen LogP contribution in [0.1, 0.15) is 98.2 Å². The van der Waals surface area contributed by atoms with Crippen molar-refractivity contribution in [3.05, 3.63) is 65.7 Å². The summed E-state index contributed by atoms with van der Waals surface area (Å²) in [5.74, 6) is -2.20. The normalized spacial score (nSPS) is 16.2. The number of phenols is 1. The summed E-state index contributed by atoms with van der Waals surface area (Å²) in [4.78, 5) is 57.0. The zero-order valence-corrected chi connectivity index (χ0v) is 28.5. The number of rotatable bonds is 12. The van der Waals surface area contributed by atoms with Gasteiger partial charge in [-0.1, -0.05) is 68.8 Å². The monoisotopic (exact) mass is 637 g/mol. The van der Waals surface area contributed by atoms with Crippen molar-refractivity contribution in [1.82, 2.24) is 15.5 Å². The van der Waals surface area contributed by atoms with Crippen LogP contribution in [0.15, 0.2) is 54.6 Å². The fourth-order valence-electron chi connectivity index (χ4n) is 5.26. The summed E-state index contributed by atoms with van der Waals surface area (Å²) in [5, 5.41) is 16.7. The molecule has 0 heterocycles. The molecule has 10 nitrogen and oxygen atoms in total. The number of esters is 1. The summed E-state index contributed by atoms with van der Waals surface area (Å²) < 4.78 is 11.2. The highest BCUT2D eigenvalue weighted by Gasteiger charge is 2.44. The van der Waals surface area contributed by atoms with Gasteiger partial charge < -0.3 is 30.1 Å². The largest absolute Gasteiger partial charge is 0.508 e. The Labute approximate surface area is 273 Å². The fraction of sp³-hybridized carbons (Fsp3) is 0.556. The van der Waals surface area contributed by atoms with Gasteiger partial charge in [-0.25, -0.2) is 9.59 Å². The Balaban J connectivity index is 2.08. The molecule has 46 heavy (non-hydrogen) atoms. The number of hydrogen-bond donors (Lipinski definition) is 3. The molecule has 3 amide bonds. The highest BCUT2D eigenvalue weighted by atomic mass is 16.6. The van der Waals surface area contributed by atoms with Crippen LogP contribution in [-0.2, 0) is 30.3 Å². The van der Waals surface area contributed by atoms with Gasteiger partial charge in [0.2, 0.25) is 11.8 Å². The SMILES string of the molecule is CCC(C)C(NC(=O)OC(C)(C)C)C(=O)N(C1CCC1)C(C(=O)NC(Cc1ccccc1)C(=O)OC(C)(C)C)c1ccccc1O. The molecule has 4 atom stereocenters. The van der Waals surface area contributed by atoms with Crippen LogP contribution in [0.25, 0.3) is 0 Å². The molecule has 0 spiro atoms. The molecule has 1 fully saturated rings. The van der Waals surface area contributed by atoms with Gasteiger partial charge in [-0.3, -0.25) is 9.59 Å². The second-order valence-electron chi connectivity index (χ2n) is 14.1. The quantitative estimate of drug-likeness (QED) is 0.250. The van der Waals surface area contributed by atoms with Gasteiger partial charge in [0.25, 0.3) is 0 Å². The number of ether oxygens (including phenoxy) is 2. The molecule has 10 heteroatoms. The van der Waals surface area contributed by atoms with Crippen molar-refractivity contribution in [2.24, 2.45) is 5.92 Å². The van der Waals surface area contributed by atoms with Crippen molar-refractivity contribution in [1.29, 1.82) is 0 Å². The van der Waals surface area contributed by atoms with Gasteiger partial charge in [-0.2, -0.15) is 0 Å². The summed E-state index contributed by atoms with van der Waals surface area (Å²) in [5.41, 5.74) is -0.571. The molecule has 252 valence electrons. The van der Waals surface area contributed by atoms with E-state index in [4.69, 9.17) is 9.47 Å². The molecule has 0 radical (unpaired) electrons. The second-order valence-corrected chi connectivity index (χ2v) is 14.1. The molecule has 0 bridgehead atoms. The summed E-state index contributed by atoms with van der Waals surface area (Å²) >= 11 is 0. The molecule has 0 aliphatic heterocycles. The maximum atomic E-state index is 14.6. The number of carbonyl (C=O) groups excluding carboxylic acids is 4. The lowest BCUT2D eigenvalue weighted by Gasteiger charge is -2.44. The van der Waals surface area contributed by atoms with Crippen LogP contribution in [0.2, 0.25) is 0 Å². The van der Waals surface area contributed by atoms with E-state index in [1.807, 2.05) is 44.2 Å². The third-order valence-corrected chi connectivity index (χ3v) is 7.92. The molecule has 2 aromatic carbocycles. The van der Waals surface area contributed by atoms with E-state index < -0.39 is 53.2 Å². The number of alkyl carbamates (subject to hydrolysis) is 1. The number of nitrogens with one attached hydrogen (secondary N) is 2. The van der Waals surface area contributed by atoms with Gasteiger partial charge in [-0.15, -0.1) is 0 Å². The lowest BCUT2D eigenvalue weighted by Crippen LogP contribution is -2.60. The predicted molar refractivity (Wildman–Crippen MR) is 176 cm³/mol. The molecule has 2 aromatic rings. The van der Waals surface area contributed by atoms with Gasteiger partial charge in [0, 0.05) is 18.0 Å². The zero-order chi connectivity index (χ0) is 34.2. The Morgan fingerprint density at radius 3 is 2.00 bits per heavy atom. The molecule has 0 aromatic heterocycles. The number of hydrogen-bond acceptors (Lipinski definition) is 7. The Morgan fingerprint density at radius 2 is 1.48 bits per heavy atom. The number of carbonyl (C=O) groups is 4. The zero-order valence-electron chi connectivity index (χ0n) is 28.5. The summed E-state index contributed by atoms with van der Waals surface area (Å²) in [6.45, 7) is 14.2. The van der Waals surface area contributed by atoms with Gasteiger partial charge in [0.15, 0.2) is 0 Å². The number of benzene rings is 2. The van der Waals surface area contributed by atoms with Gasteiger partial charge in [0.1, 0.15) is 35.1 Å². The third-order valence-electron chi connectivity index (χ3n) is 7.92. The van der Waals surface area contributed by atoms with E-state index in [0.717, 1.165) is 12.0 Å². The third kappa shape index (κ3) is 10.2. The summed E-state index contributed by atoms with van der Waals surface area (Å²) in [6, 6.07) is 11.9. The molecule has 1 aliphatic rings. The summed E-state index contributed by atoms with van der Waals surface area (Å²) in [7, 11) is 0. The van der Waals surface area contributed by atoms with E-state index in [1.165, 1.54) is 11.0 Å². The number of phenolic OH excluding ortho intramolecular Hbond substituents is 1. The van der Waals surface area contributed by atoms with E-state index in [9.17, 15) is 24.3 Å². The molecular formula is C36H51N3O7. The lowest BCUT2D eigenvalue weighted by molar-refractivity contribution is -0.159. The Hall–Kier alpha value is -4.08. The molecule has 4 unspecified atom stereocenters. The second kappa shape index (κ2) is 15.5. The first-order valence-corrected chi connectivity index (χ1v) is 16.2. The molecule has 1 aliphatic carbocycles. The first kappa shape index (κ1) is 36.4. The van der Waals surface area contributed by atoms with Crippen molar-refractivity contribution < 1.29 is 33.8 Å². The topological polar surface area (TPSA) is 134 Å². The Bertz CT molecular complexity index is 1350. The van der Waals surface area contributed by atoms with E-state index in [0.29, 0.717) is 19.3 Å². The van der Waals surface area contributed by atoms with Crippen LogP contribution in [0.4, 0.5) is 4.79 Å². The van der Waals surface area contributed by atoms with Gasteiger partial charge in [-0.05, 0) is 78.4 Å². The minimum atomic E-state index is -1.30. The van der Waals surface area contributed by atoms with Crippen molar-refractivity contribution in [3.63, 3.8) is 0 Å². The predicted octanol–water partition coefficient (Wildman–Crippen LogP) is 5.82. The van der Waals surface area contributed by atoms with Crippen LogP contribution >= 0.6 is 0 Å². The number of amides is 3. The fourth-order valence-corrected chi connectivity index (χ4v) is 5.26. The lowest BCUT2D eigenvalue weighted by atomic mass is 9.86. The van der Waals surface area contributed by atoms with E-state index >= 15 is 0 Å². The number of aromatic hydroxyl groups is 1. The summed E-state index contributed by atoms with van der Waals surface area (Å²) in [6.07, 6.45) is 2.12. The molecular weight excluding hydrogens is 586 g/mol. The highest BCUT2D eigenvalue weighted by molar-refractivity contribution is 5.94. The molecule has 1 saturated carbocycles. The Morgan fingerprint density at radius 1 is 0.891 bits per heavy atom. The smallest absolute Gasteiger partial charge is 0.408 e. The van der Waals surface area contributed by atoms with Gasteiger partial charge in [0.05, 0.1) is 0 Å². The first-order valence-electron chi connectivity index (χ1n) is 16.2. The molecule has 0 saturated heterocycles. The van der Waals surface area contributed by atoms with Crippen LogP contribution in [0, 0.1) is 5.92 Å². The van der Waals surface area contributed by atoms with E-state index in [1.54, 1.807) is 59.7 Å². The van der Waals surface area contributed by atoms with Crippen molar-refractivity contribution in [2.75, 3.05) is 0 Å². The maximum Gasteiger partial charge on any atom is 0.408 e. The van der Waals surface area contributed by atoms with E-state index in [-0.39, 0.29) is 29.7 Å². The molecule has 3 N–H and O–H groups in total. The maximum absolute atomic E-state index is 14.6.